The fourth-order valence-electron chi connectivity index (χ4n) is 4.76. The minimum atomic E-state index is -5.52. The predicted molar refractivity (Wildman–Crippen MR) is 159 cm³/mol. The predicted octanol–water partition coefficient (Wildman–Crippen LogP) is -38.2. The van der Waals surface area contributed by atoms with Crippen molar-refractivity contribution in [3.05, 3.63) is 0 Å². The van der Waals surface area contributed by atoms with Gasteiger partial charge in [-0.25, -0.2) is 0 Å². The second-order valence-electron chi connectivity index (χ2n) is 12.3. The van der Waals surface area contributed by atoms with Crippen LogP contribution in [-0.2, 0) is 36.5 Å². The average molecular weight is 1150 g/mol. The summed E-state index contributed by atoms with van der Waals surface area (Å²) in [5.74, 6) is 0. The Kier molecular flexibility index (Phi) is 60.5. The number of rotatable bonds is 31. The maximum Gasteiger partial charge on any atom is 1.00 e. The van der Waals surface area contributed by atoms with Gasteiger partial charge in [-0.3, -0.25) is 29.4 Å². The summed E-state index contributed by atoms with van der Waals surface area (Å²) >= 11 is 0. The van der Waals surface area contributed by atoms with Crippen molar-refractivity contribution in [2.24, 2.45) is 0 Å². The molecule has 46 heteroatoms. The van der Waals surface area contributed by atoms with Crippen molar-refractivity contribution < 1.29 is 351 Å². The van der Waals surface area contributed by atoms with Crippen LogP contribution >= 0.6 is 60.8 Å². The van der Waals surface area contributed by atoms with Crippen LogP contribution in [0.5, 0.6) is 0 Å². The van der Waals surface area contributed by atoms with E-state index in [0.29, 0.717) is 19.6 Å². The molecule has 0 amide bonds. The van der Waals surface area contributed by atoms with Crippen molar-refractivity contribution >= 4 is 60.8 Å². The van der Waals surface area contributed by atoms with Crippen LogP contribution in [-0.4, -0.2) is 145 Å². The summed E-state index contributed by atoms with van der Waals surface area (Å²) in [4.78, 5) is 185. The van der Waals surface area contributed by atoms with Crippen LogP contribution in [0.2, 0.25) is 0 Å². The van der Waals surface area contributed by atoms with Crippen LogP contribution in [0.15, 0.2) is 0 Å². The maximum atomic E-state index is 11.6. The van der Waals surface area contributed by atoms with E-state index in [-0.39, 0.29) is 236 Å². The molecule has 0 rings (SSSR count). The van der Waals surface area contributed by atoms with E-state index in [0.717, 1.165) is 9.80 Å². The zero-order valence-electron chi connectivity index (χ0n) is 36.8. The number of hydrogen-bond acceptors (Lipinski definition) is 30. The average Bonchev–Trinajstić information content (AvgIpc) is 2.87. The molecule has 0 radical (unpaired) electrons. The van der Waals surface area contributed by atoms with Gasteiger partial charge in [0.25, 0.3) is 0 Å². The van der Waals surface area contributed by atoms with Crippen LogP contribution < -0.4 is 315 Å². The van der Waals surface area contributed by atoms with Crippen LogP contribution in [0.1, 0.15) is 0 Å². The summed E-state index contributed by atoms with van der Waals surface area (Å²) in [5, 5.41) is 0. The molecular formula is C18H36N6Na8O24P8-8. The Labute approximate surface area is 547 Å². The summed E-state index contributed by atoms with van der Waals surface area (Å²) in [6.07, 6.45) is -11.6. The molecule has 0 aromatic rings. The first-order valence-corrected chi connectivity index (χ1v) is 28.9. The van der Waals surface area contributed by atoms with Crippen LogP contribution in [0, 0.1) is 0 Å². The molecule has 0 heterocycles. The minimum absolute atomic E-state index is 0. The van der Waals surface area contributed by atoms with Gasteiger partial charge in [-0.15, -0.1) is 0 Å². The topological polar surface area (TPSA) is 525 Å². The normalized spacial score (nSPS) is 12.9. The van der Waals surface area contributed by atoms with Crippen molar-refractivity contribution in [3.63, 3.8) is 0 Å². The molecule has 0 fully saturated rings. The van der Waals surface area contributed by atoms with Crippen LogP contribution in [0.4, 0.5) is 0 Å². The van der Waals surface area contributed by atoms with Gasteiger partial charge in [0, 0.05) is 116 Å². The third kappa shape index (κ3) is 63.5. The summed E-state index contributed by atoms with van der Waals surface area (Å²) in [6.45, 7) is -7.35. The first-order chi connectivity index (χ1) is 24.7. The second-order valence-corrected chi connectivity index (χ2v) is 24.3. The van der Waals surface area contributed by atoms with Crippen molar-refractivity contribution in [2.75, 3.05) is 116 Å². The second kappa shape index (κ2) is 41.9. The Morgan fingerprint density at radius 2 is 0.266 bits per heavy atom. The number of nitrogens with zero attached hydrogens (tertiary/aromatic N) is 6. The Morgan fingerprint density at radius 1 is 0.188 bits per heavy atom. The summed E-state index contributed by atoms with van der Waals surface area (Å²) in [6, 6.07) is 0. The SMILES string of the molecule is O=P([O-])([O-])CN(CCN(CCN(CCN(CP(=O)([O-])[O-])CP(=O)([O-])[O-])CP(=O)([O-])[O-])CP(=O)([O-])[O-])CCN(CCN(CP(=O)([O-])[O-])CP(=O)([O-])[O-])CP(=O)([O-])[O-].[Na+].[Na+].[Na+].[Na+].[Na+].[Na+].[Na+].[Na+]. The van der Waals surface area contributed by atoms with E-state index in [2.05, 4.69) is 0 Å². The zero-order chi connectivity index (χ0) is 44.2. The first kappa shape index (κ1) is 92.4. The first-order valence-electron chi connectivity index (χ1n) is 15.1. The molecule has 0 aliphatic rings. The molecule has 0 aromatic carbocycles. The Hall–Kier alpha value is 8.96. The molecule has 0 aliphatic carbocycles. The maximum absolute atomic E-state index is 11.6. The van der Waals surface area contributed by atoms with Gasteiger partial charge < -0.3 is 115 Å². The molecule has 0 saturated heterocycles. The minimum Gasteiger partial charge on any atom is -0.810 e. The summed E-state index contributed by atoms with van der Waals surface area (Å²) in [7, 11) is -44.1. The van der Waals surface area contributed by atoms with Gasteiger partial charge in [0.2, 0.25) is 0 Å². The molecular weight excluding hydrogens is 1120 g/mol. The van der Waals surface area contributed by atoms with E-state index in [9.17, 15) is 115 Å². The molecule has 0 atom stereocenters. The van der Waals surface area contributed by atoms with E-state index in [1.54, 1.807) is 0 Å². The van der Waals surface area contributed by atoms with Gasteiger partial charge in [0.1, 0.15) is 0 Å². The molecule has 30 nitrogen and oxygen atoms in total. The van der Waals surface area contributed by atoms with Crippen LogP contribution in [0.25, 0.3) is 0 Å². The van der Waals surface area contributed by atoms with Crippen molar-refractivity contribution in [2.45, 2.75) is 0 Å². The van der Waals surface area contributed by atoms with Gasteiger partial charge in [0.15, 0.2) is 0 Å². The third-order valence-corrected chi connectivity index (χ3v) is 12.6. The Bertz CT molecular complexity index is 1470. The Morgan fingerprint density at radius 3 is 0.359 bits per heavy atom. The van der Waals surface area contributed by atoms with Gasteiger partial charge in [-0.2, -0.15) is 0 Å². The van der Waals surface area contributed by atoms with Gasteiger partial charge in [-0.1, -0.05) is 60.8 Å². The van der Waals surface area contributed by atoms with E-state index in [1.165, 1.54) is 0 Å². The molecule has 64 heavy (non-hydrogen) atoms. The molecule has 0 unspecified atom stereocenters. The summed E-state index contributed by atoms with van der Waals surface area (Å²) < 4.78 is 91.0. The monoisotopic (exact) mass is 1150 g/mol. The zero-order valence-corrected chi connectivity index (χ0v) is 59.9. The number of hydrogen-bond donors (Lipinski definition) is 0. The third-order valence-electron chi connectivity index (χ3n) is 6.65. The molecule has 0 N–H and O–H groups in total. The largest absolute Gasteiger partial charge is 1.00 e. The van der Waals surface area contributed by atoms with Crippen molar-refractivity contribution in [1.29, 1.82) is 0 Å². The molecule has 0 spiro atoms. The molecule has 338 valence electrons. The van der Waals surface area contributed by atoms with Crippen LogP contribution in [0.3, 0.4) is 0 Å². The smallest absolute Gasteiger partial charge is 0.810 e. The van der Waals surface area contributed by atoms with Gasteiger partial charge >= 0.3 is 236 Å². The molecule has 0 saturated carbocycles. The van der Waals surface area contributed by atoms with Gasteiger partial charge in [-0.05, 0) is 0 Å². The fourth-order valence-corrected chi connectivity index (χ4v) is 11.1. The fraction of sp³-hybridized carbons (Fsp3) is 1.00. The van der Waals surface area contributed by atoms with E-state index >= 15 is 0 Å². The van der Waals surface area contributed by atoms with E-state index in [4.69, 9.17) is 0 Å². The summed E-state index contributed by atoms with van der Waals surface area (Å²) in [5.41, 5.74) is 0. The van der Waals surface area contributed by atoms with E-state index < -0.39 is 177 Å². The molecule has 0 aliphatic heterocycles. The van der Waals surface area contributed by atoms with Crippen molar-refractivity contribution in [3.8, 4) is 0 Å². The standard InChI is InChI=1S/C18H52N6O24P8.8Na/c25-49(26,27)11-19(3-5-21(13-51(31,32)33)7-9-23(15-53(37,38)39)16-54(40,41)42)1-2-20(12-50(28,29)30)4-6-22(14-52(34,35)36)8-10-24(17-55(43,44)45)18-56(46,47)48;;;;;;;;/h1-18H2,(H2,25,26,27)(H2,28,29,30)(H2,31,32,33)(H2,34,35,36)(H2,37,38,39)(H2,40,41,42)(H2,43,44,45)(H2,46,47,48);;;;;;;;/q;8*+1/p-16. The molecule has 0 aromatic heterocycles. The van der Waals surface area contributed by atoms with Crippen molar-refractivity contribution in [1.82, 2.24) is 29.4 Å². The quantitative estimate of drug-likeness (QED) is 0.0459. The van der Waals surface area contributed by atoms with E-state index in [1.807, 2.05) is 0 Å². The molecule has 0 bridgehead atoms. The van der Waals surface area contributed by atoms with Gasteiger partial charge in [0.05, 0.1) is 0 Å². The Balaban J connectivity index is -0.000000540.